The van der Waals surface area contributed by atoms with E-state index in [1.807, 2.05) is 6.07 Å². The van der Waals surface area contributed by atoms with Gasteiger partial charge in [-0.25, -0.2) is 0 Å². The molecule has 1 aromatic carbocycles. The topological polar surface area (TPSA) is 30.5 Å². The Morgan fingerprint density at radius 1 is 1.29 bits per heavy atom. The van der Waals surface area contributed by atoms with Crippen molar-refractivity contribution < 1.29 is 9.47 Å². The summed E-state index contributed by atoms with van der Waals surface area (Å²) in [5.74, 6) is 1.69. The van der Waals surface area contributed by atoms with Gasteiger partial charge in [0, 0.05) is 10.5 Å². The van der Waals surface area contributed by atoms with Crippen LogP contribution in [0.25, 0.3) is 0 Å². The van der Waals surface area contributed by atoms with Crippen molar-refractivity contribution in [2.75, 3.05) is 13.3 Å². The predicted molar refractivity (Wildman–Crippen MR) is 55.6 cm³/mol. The maximum absolute atomic E-state index is 5.34. The molecular weight excluding hydrogens is 246 g/mol. The van der Waals surface area contributed by atoms with Crippen LogP contribution in [-0.2, 0) is 0 Å². The zero-order chi connectivity index (χ0) is 9.54. The van der Waals surface area contributed by atoms with Crippen LogP contribution < -0.4 is 14.8 Å². The molecule has 1 atom stereocenters. The van der Waals surface area contributed by atoms with E-state index < -0.39 is 0 Å². The normalized spacial score (nSPS) is 23.4. The summed E-state index contributed by atoms with van der Waals surface area (Å²) in [6, 6.07) is 4.51. The van der Waals surface area contributed by atoms with Crippen molar-refractivity contribution in [3.63, 3.8) is 0 Å². The second-order valence-electron chi connectivity index (χ2n) is 3.52. The van der Waals surface area contributed by atoms with Crippen molar-refractivity contribution >= 4 is 15.9 Å². The van der Waals surface area contributed by atoms with Crippen molar-refractivity contribution in [1.29, 1.82) is 0 Å². The standard InChI is InChI=1S/C10H10BrNO2/c11-7-4-10-9(13-5-14-10)3-6(7)8-1-2-12-8/h3-4,8,12H,1-2,5H2. The minimum atomic E-state index is 0.337. The number of halogens is 1. The average molecular weight is 256 g/mol. The number of hydrogen-bond donors (Lipinski definition) is 1. The van der Waals surface area contributed by atoms with Gasteiger partial charge in [-0.1, -0.05) is 15.9 Å². The maximum atomic E-state index is 5.34. The van der Waals surface area contributed by atoms with Gasteiger partial charge in [0.05, 0.1) is 0 Å². The van der Waals surface area contributed by atoms with Gasteiger partial charge in [0.1, 0.15) is 0 Å². The highest BCUT2D eigenvalue weighted by Crippen LogP contribution is 2.40. The first-order valence-corrected chi connectivity index (χ1v) is 5.46. The monoisotopic (exact) mass is 255 g/mol. The fraction of sp³-hybridized carbons (Fsp3) is 0.400. The van der Waals surface area contributed by atoms with Crippen LogP contribution >= 0.6 is 15.9 Å². The highest BCUT2D eigenvalue weighted by Gasteiger charge is 2.24. The van der Waals surface area contributed by atoms with E-state index in [1.165, 1.54) is 12.0 Å². The number of fused-ring (bicyclic) bond motifs is 1. The van der Waals surface area contributed by atoms with E-state index >= 15 is 0 Å². The third kappa shape index (κ3) is 1.21. The zero-order valence-electron chi connectivity index (χ0n) is 7.55. The molecule has 0 saturated carbocycles. The minimum Gasteiger partial charge on any atom is -0.454 e. The Morgan fingerprint density at radius 3 is 2.64 bits per heavy atom. The third-order valence-electron chi connectivity index (χ3n) is 2.69. The number of hydrogen-bond acceptors (Lipinski definition) is 3. The molecule has 0 amide bonds. The Kier molecular flexibility index (Phi) is 1.92. The molecule has 1 aromatic rings. The van der Waals surface area contributed by atoms with E-state index in [9.17, 15) is 0 Å². The summed E-state index contributed by atoms with van der Waals surface area (Å²) in [6.45, 7) is 1.44. The van der Waals surface area contributed by atoms with E-state index in [4.69, 9.17) is 9.47 Å². The van der Waals surface area contributed by atoms with E-state index in [0.29, 0.717) is 12.8 Å². The summed E-state index contributed by atoms with van der Waals surface area (Å²) < 4.78 is 11.7. The molecule has 1 unspecified atom stereocenters. The molecule has 74 valence electrons. The molecule has 0 bridgehead atoms. The quantitative estimate of drug-likeness (QED) is 0.835. The van der Waals surface area contributed by atoms with Gasteiger partial charge in [0.25, 0.3) is 0 Å². The summed E-state index contributed by atoms with van der Waals surface area (Å²) in [5, 5.41) is 3.37. The number of ether oxygens (including phenoxy) is 2. The van der Waals surface area contributed by atoms with Crippen molar-refractivity contribution in [2.24, 2.45) is 0 Å². The Bertz CT molecular complexity index is 377. The van der Waals surface area contributed by atoms with E-state index in [1.54, 1.807) is 0 Å². The lowest BCUT2D eigenvalue weighted by molar-refractivity contribution is 0.174. The van der Waals surface area contributed by atoms with Crippen LogP contribution in [0.2, 0.25) is 0 Å². The number of benzene rings is 1. The number of nitrogens with one attached hydrogen (secondary N) is 1. The lowest BCUT2D eigenvalue weighted by Gasteiger charge is -2.28. The lowest BCUT2D eigenvalue weighted by Crippen LogP contribution is -2.35. The smallest absolute Gasteiger partial charge is 0.231 e. The van der Waals surface area contributed by atoms with Crippen molar-refractivity contribution in [2.45, 2.75) is 12.5 Å². The number of rotatable bonds is 1. The van der Waals surface area contributed by atoms with Crippen LogP contribution in [0, 0.1) is 0 Å². The summed E-state index contributed by atoms with van der Waals surface area (Å²) in [4.78, 5) is 0. The molecule has 14 heavy (non-hydrogen) atoms. The molecular formula is C10H10BrNO2. The molecule has 4 heteroatoms. The van der Waals surface area contributed by atoms with Gasteiger partial charge in [-0.15, -0.1) is 0 Å². The second-order valence-corrected chi connectivity index (χ2v) is 4.38. The second kappa shape index (κ2) is 3.14. The van der Waals surface area contributed by atoms with E-state index in [2.05, 4.69) is 27.3 Å². The Hall–Kier alpha value is -0.740. The van der Waals surface area contributed by atoms with Crippen LogP contribution in [0.15, 0.2) is 16.6 Å². The fourth-order valence-corrected chi connectivity index (χ4v) is 2.35. The van der Waals surface area contributed by atoms with Gasteiger partial charge in [0.2, 0.25) is 6.79 Å². The minimum absolute atomic E-state index is 0.337. The van der Waals surface area contributed by atoms with Crippen LogP contribution in [-0.4, -0.2) is 13.3 Å². The summed E-state index contributed by atoms with van der Waals surface area (Å²) in [5.41, 5.74) is 1.26. The Balaban J connectivity index is 2.03. The summed E-state index contributed by atoms with van der Waals surface area (Å²) >= 11 is 3.55. The third-order valence-corrected chi connectivity index (χ3v) is 3.38. The van der Waals surface area contributed by atoms with Gasteiger partial charge in [-0.3, -0.25) is 0 Å². The van der Waals surface area contributed by atoms with E-state index in [-0.39, 0.29) is 0 Å². The molecule has 2 aliphatic rings. The highest BCUT2D eigenvalue weighted by molar-refractivity contribution is 9.10. The summed E-state index contributed by atoms with van der Waals surface area (Å²) in [7, 11) is 0. The molecule has 2 heterocycles. The molecule has 1 fully saturated rings. The largest absolute Gasteiger partial charge is 0.454 e. The van der Waals surface area contributed by atoms with Crippen LogP contribution in [0.3, 0.4) is 0 Å². The van der Waals surface area contributed by atoms with Crippen LogP contribution in [0.1, 0.15) is 18.0 Å². The van der Waals surface area contributed by atoms with Crippen molar-refractivity contribution in [3.8, 4) is 11.5 Å². The molecule has 0 aliphatic carbocycles. The predicted octanol–water partition coefficient (Wildman–Crippen LogP) is 2.21. The Morgan fingerprint density at radius 2 is 2.00 bits per heavy atom. The van der Waals surface area contributed by atoms with E-state index in [0.717, 1.165) is 22.5 Å². The molecule has 1 N–H and O–H groups in total. The zero-order valence-corrected chi connectivity index (χ0v) is 9.13. The SMILES string of the molecule is Brc1cc2c(cc1C1CCN1)OCO2. The molecule has 0 spiro atoms. The van der Waals surface area contributed by atoms with Crippen molar-refractivity contribution in [1.82, 2.24) is 5.32 Å². The van der Waals surface area contributed by atoms with Gasteiger partial charge in [-0.05, 0) is 30.7 Å². The first-order valence-electron chi connectivity index (χ1n) is 4.67. The van der Waals surface area contributed by atoms with Gasteiger partial charge < -0.3 is 14.8 Å². The van der Waals surface area contributed by atoms with Gasteiger partial charge >= 0.3 is 0 Å². The average Bonchev–Trinajstić information content (AvgIpc) is 2.48. The molecule has 0 aromatic heterocycles. The molecule has 3 nitrogen and oxygen atoms in total. The van der Waals surface area contributed by atoms with Crippen molar-refractivity contribution in [3.05, 3.63) is 22.2 Å². The van der Waals surface area contributed by atoms with Gasteiger partial charge in [-0.2, -0.15) is 0 Å². The molecule has 2 aliphatic heterocycles. The maximum Gasteiger partial charge on any atom is 0.231 e. The fourth-order valence-electron chi connectivity index (χ4n) is 1.75. The first kappa shape index (κ1) is 8.56. The van der Waals surface area contributed by atoms with Crippen LogP contribution in [0.5, 0.6) is 11.5 Å². The molecule has 0 radical (unpaired) electrons. The van der Waals surface area contributed by atoms with Gasteiger partial charge in [0.15, 0.2) is 11.5 Å². The highest BCUT2D eigenvalue weighted by atomic mass is 79.9. The lowest BCUT2D eigenvalue weighted by atomic mass is 9.98. The molecule has 1 saturated heterocycles. The summed E-state index contributed by atoms with van der Waals surface area (Å²) in [6.07, 6.45) is 1.19. The molecule has 3 rings (SSSR count). The first-order chi connectivity index (χ1) is 6.84. The Labute approximate surface area is 90.5 Å². The van der Waals surface area contributed by atoms with Crippen LogP contribution in [0.4, 0.5) is 0 Å².